The van der Waals surface area contributed by atoms with E-state index in [2.05, 4.69) is 0 Å². The van der Waals surface area contributed by atoms with Crippen LogP contribution in [0.5, 0.6) is 0 Å². The Labute approximate surface area is 54.9 Å². The Morgan fingerprint density at radius 1 is 1.67 bits per heavy atom. The summed E-state index contributed by atoms with van der Waals surface area (Å²) in [5.41, 5.74) is 0. The summed E-state index contributed by atoms with van der Waals surface area (Å²) >= 11 is -0.933. The van der Waals surface area contributed by atoms with Gasteiger partial charge in [-0.25, -0.2) is 0 Å². The molecule has 0 bridgehead atoms. The molecular formula is C4H5F3OS. The van der Waals surface area contributed by atoms with Crippen LogP contribution >= 0.6 is 12.1 Å². The van der Waals surface area contributed by atoms with E-state index in [9.17, 15) is 17.5 Å². The van der Waals surface area contributed by atoms with Crippen molar-refractivity contribution in [3.8, 4) is 0 Å². The molecule has 54 valence electrons. The van der Waals surface area contributed by atoms with Gasteiger partial charge in [0.2, 0.25) is 0 Å². The second-order valence-corrected chi connectivity index (χ2v) is 1.95. The first-order valence-corrected chi connectivity index (χ1v) is 2.97. The molecule has 0 fully saturated rings. The molecule has 0 spiro atoms. The Bertz CT molecular complexity index is 114. The zero-order valence-corrected chi connectivity index (χ0v) is 5.47. The highest BCUT2D eigenvalue weighted by Crippen LogP contribution is 2.25. The zero-order chi connectivity index (χ0) is 7.49. The topological polar surface area (TPSA) is 17.1 Å². The highest BCUT2D eigenvalue weighted by Gasteiger charge is 2.37. The number of halogens is 3. The maximum Gasteiger partial charge on any atom is 0.317 e. The van der Waals surface area contributed by atoms with Gasteiger partial charge in [0.25, 0.3) is 5.12 Å². The van der Waals surface area contributed by atoms with Crippen molar-refractivity contribution in [3.05, 3.63) is 0 Å². The quantitative estimate of drug-likeness (QED) is 0.612. The second-order valence-electron chi connectivity index (χ2n) is 1.42. The van der Waals surface area contributed by atoms with E-state index in [1.807, 2.05) is 0 Å². The average molecular weight is 158 g/mol. The third-order valence-electron chi connectivity index (χ3n) is 0.813. The summed E-state index contributed by atoms with van der Waals surface area (Å²) in [5.74, 6) is -3.50. The van der Waals surface area contributed by atoms with Gasteiger partial charge in [0.1, 0.15) is 12.1 Å². The molecule has 1 nitrogen and oxygen atoms in total. The maximum absolute atomic E-state index is 11.9. The predicted molar refractivity (Wildman–Crippen MR) is 28.9 cm³/mol. The summed E-state index contributed by atoms with van der Waals surface area (Å²) in [6.45, 7) is 1.12. The number of hydrogen-bond donors (Lipinski definition) is 0. The minimum Gasteiger partial charge on any atom is -0.278 e. The van der Waals surface area contributed by atoms with E-state index in [4.69, 9.17) is 0 Å². The molecule has 0 saturated heterocycles. The van der Waals surface area contributed by atoms with E-state index >= 15 is 0 Å². The number of rotatable bonds is 2. The van der Waals surface area contributed by atoms with E-state index in [0.717, 1.165) is 6.92 Å². The Morgan fingerprint density at radius 2 is 2.11 bits per heavy atom. The van der Waals surface area contributed by atoms with Gasteiger partial charge in [-0.15, -0.1) is 0 Å². The van der Waals surface area contributed by atoms with Crippen LogP contribution in [-0.2, 0) is 4.79 Å². The van der Waals surface area contributed by atoms with Crippen molar-refractivity contribution in [3.63, 3.8) is 0 Å². The molecule has 0 heterocycles. The molecule has 0 unspecified atom stereocenters. The van der Waals surface area contributed by atoms with Crippen molar-refractivity contribution in [2.45, 2.75) is 19.3 Å². The number of carbonyl (C=O) groups excluding carboxylic acids is 1. The summed E-state index contributed by atoms with van der Waals surface area (Å²) in [6, 6.07) is 0. The summed E-state index contributed by atoms with van der Waals surface area (Å²) in [4.78, 5) is 9.90. The molecule has 0 aromatic rings. The van der Waals surface area contributed by atoms with Crippen molar-refractivity contribution >= 4 is 17.3 Å². The summed E-state index contributed by atoms with van der Waals surface area (Å²) in [5, 5.41) is -1.72. The standard InChI is InChI=1S/C4H5F3OS/c1-2-4(5,6)3(8)9-7/h2H2,1H3. The molecule has 5 heteroatoms. The van der Waals surface area contributed by atoms with Crippen LogP contribution in [0.15, 0.2) is 0 Å². The van der Waals surface area contributed by atoms with Gasteiger partial charge in [-0.1, -0.05) is 6.92 Å². The van der Waals surface area contributed by atoms with Gasteiger partial charge >= 0.3 is 5.92 Å². The van der Waals surface area contributed by atoms with Crippen molar-refractivity contribution in [1.29, 1.82) is 0 Å². The lowest BCUT2D eigenvalue weighted by atomic mass is 10.3. The molecule has 0 saturated carbocycles. The minimum atomic E-state index is -3.50. The van der Waals surface area contributed by atoms with Gasteiger partial charge < -0.3 is 0 Å². The van der Waals surface area contributed by atoms with E-state index in [-0.39, 0.29) is 0 Å². The molecule has 9 heavy (non-hydrogen) atoms. The molecule has 0 aliphatic heterocycles. The van der Waals surface area contributed by atoms with Crippen LogP contribution in [0.4, 0.5) is 12.7 Å². The van der Waals surface area contributed by atoms with Gasteiger partial charge in [0, 0.05) is 6.42 Å². The molecular weight excluding hydrogens is 153 g/mol. The lowest BCUT2D eigenvalue weighted by Crippen LogP contribution is -2.23. The largest absolute Gasteiger partial charge is 0.317 e. The Morgan fingerprint density at radius 3 is 2.22 bits per heavy atom. The highest BCUT2D eigenvalue weighted by molar-refractivity contribution is 8.09. The van der Waals surface area contributed by atoms with Gasteiger partial charge in [-0.2, -0.15) is 12.7 Å². The third-order valence-corrected chi connectivity index (χ3v) is 1.25. The van der Waals surface area contributed by atoms with Crippen LogP contribution in [0.25, 0.3) is 0 Å². The van der Waals surface area contributed by atoms with Crippen molar-refractivity contribution < 1.29 is 17.5 Å². The number of alkyl halides is 2. The molecule has 0 radical (unpaired) electrons. The second kappa shape index (κ2) is 3.10. The lowest BCUT2D eigenvalue weighted by Gasteiger charge is -2.06. The predicted octanol–water partition coefficient (Wildman–Crippen LogP) is 2.18. The van der Waals surface area contributed by atoms with Crippen LogP contribution in [0.3, 0.4) is 0 Å². The molecule has 0 aliphatic rings. The van der Waals surface area contributed by atoms with Gasteiger partial charge in [0.15, 0.2) is 0 Å². The first kappa shape index (κ1) is 8.81. The fraction of sp³-hybridized carbons (Fsp3) is 0.750. The first-order chi connectivity index (χ1) is 4.04. The molecule has 0 N–H and O–H groups in total. The van der Waals surface area contributed by atoms with Gasteiger partial charge in [0.05, 0.1) is 0 Å². The Kier molecular flexibility index (Phi) is 3.03. The Hall–Kier alpha value is -0.190. The molecule has 0 amide bonds. The average Bonchev–Trinajstić information content (AvgIpc) is 1.86. The fourth-order valence-electron chi connectivity index (χ4n) is 0.201. The molecule has 0 atom stereocenters. The van der Waals surface area contributed by atoms with Crippen molar-refractivity contribution in [2.24, 2.45) is 0 Å². The van der Waals surface area contributed by atoms with Gasteiger partial charge in [-0.05, 0) is 0 Å². The molecule has 0 aliphatic carbocycles. The smallest absolute Gasteiger partial charge is 0.278 e. The summed E-state index contributed by atoms with van der Waals surface area (Å²) in [7, 11) is 0. The van der Waals surface area contributed by atoms with Crippen molar-refractivity contribution in [1.82, 2.24) is 0 Å². The highest BCUT2D eigenvalue weighted by atomic mass is 32.2. The van der Waals surface area contributed by atoms with Crippen LogP contribution < -0.4 is 0 Å². The first-order valence-electron chi connectivity index (χ1n) is 2.25. The monoisotopic (exact) mass is 158 g/mol. The van der Waals surface area contributed by atoms with Crippen molar-refractivity contribution in [2.75, 3.05) is 0 Å². The molecule has 0 aromatic heterocycles. The van der Waals surface area contributed by atoms with Gasteiger partial charge in [-0.3, -0.25) is 4.79 Å². The summed E-state index contributed by atoms with van der Waals surface area (Å²) < 4.78 is 35.0. The maximum atomic E-state index is 11.9. The third kappa shape index (κ3) is 2.26. The SMILES string of the molecule is CCC(F)(F)C(=O)SF. The number of hydrogen-bond acceptors (Lipinski definition) is 2. The minimum absolute atomic E-state index is 0.650. The van der Waals surface area contributed by atoms with E-state index < -0.39 is 29.6 Å². The Balaban J connectivity index is 3.97. The molecule has 0 rings (SSSR count). The van der Waals surface area contributed by atoms with Crippen LogP contribution in [-0.4, -0.2) is 11.0 Å². The normalized spacial score (nSPS) is 11.6. The van der Waals surface area contributed by atoms with E-state index in [0.29, 0.717) is 0 Å². The zero-order valence-electron chi connectivity index (χ0n) is 4.66. The lowest BCUT2D eigenvalue weighted by molar-refractivity contribution is -0.133. The van der Waals surface area contributed by atoms with E-state index in [1.54, 1.807) is 0 Å². The molecule has 0 aromatic carbocycles. The van der Waals surface area contributed by atoms with E-state index in [1.165, 1.54) is 0 Å². The van der Waals surface area contributed by atoms with Crippen LogP contribution in [0.1, 0.15) is 13.3 Å². The van der Waals surface area contributed by atoms with Crippen LogP contribution in [0.2, 0.25) is 0 Å². The van der Waals surface area contributed by atoms with Crippen LogP contribution in [0, 0.1) is 0 Å². The summed E-state index contributed by atoms with van der Waals surface area (Å²) in [6.07, 6.45) is -0.650. The fourth-order valence-corrected chi connectivity index (χ4v) is 0.458. The number of carbonyl (C=O) groups is 1.